The summed E-state index contributed by atoms with van der Waals surface area (Å²) in [5, 5.41) is 0. The molecule has 122 valence electrons. The van der Waals surface area contributed by atoms with Gasteiger partial charge in [-0.15, -0.1) is 0 Å². The Morgan fingerprint density at radius 1 is 1.23 bits per heavy atom. The quantitative estimate of drug-likeness (QED) is 0.774. The minimum absolute atomic E-state index is 0.253. The zero-order valence-electron chi connectivity index (χ0n) is 12.9. The topological polar surface area (TPSA) is 30.9 Å². The summed E-state index contributed by atoms with van der Waals surface area (Å²) in [4.78, 5) is 2.34. The number of alkyl halides is 1. The van der Waals surface area contributed by atoms with E-state index in [1.165, 1.54) is 6.42 Å². The molecule has 0 aliphatic carbocycles. The fourth-order valence-corrected chi connectivity index (χ4v) is 2.71. The van der Waals surface area contributed by atoms with Gasteiger partial charge in [-0.3, -0.25) is 4.90 Å². The van der Waals surface area contributed by atoms with E-state index in [2.05, 4.69) is 4.90 Å². The van der Waals surface area contributed by atoms with Crippen LogP contribution in [-0.2, 0) is 11.4 Å². The number of ether oxygens (including phenoxy) is 3. The fourth-order valence-electron chi connectivity index (χ4n) is 2.71. The summed E-state index contributed by atoms with van der Waals surface area (Å²) < 4.78 is 30.3. The van der Waals surface area contributed by atoms with Crippen LogP contribution in [0.5, 0.6) is 11.5 Å². The van der Waals surface area contributed by atoms with Crippen LogP contribution in [0.25, 0.3) is 0 Å². The monoisotopic (exact) mass is 309 g/mol. The first kappa shape index (κ1) is 15.6. The third-order valence-corrected chi connectivity index (χ3v) is 4.20. The Labute approximate surface area is 131 Å². The zero-order valence-corrected chi connectivity index (χ0v) is 12.9. The third kappa shape index (κ3) is 4.11. The summed E-state index contributed by atoms with van der Waals surface area (Å²) in [5.41, 5.74) is 0.524. The zero-order chi connectivity index (χ0) is 15.2. The smallest absolute Gasteiger partial charge is 0.199 e. The number of nitrogens with zero attached hydrogens (tertiary/aromatic N) is 1. The molecule has 4 nitrogen and oxygen atoms in total. The van der Waals surface area contributed by atoms with Crippen molar-refractivity contribution in [2.24, 2.45) is 0 Å². The van der Waals surface area contributed by atoms with E-state index in [9.17, 15) is 4.39 Å². The molecule has 2 aliphatic heterocycles. The molecule has 1 aromatic rings. The standard InChI is InChI=1S/C17H24FNO3/c18-13-14-12-15(20-11-9-19-7-3-8-19)5-6-16(14)22-17-4-1-2-10-21-17/h5-6,12,17H,1-4,7-11,13H2. The summed E-state index contributed by atoms with van der Waals surface area (Å²) in [6.45, 7) is 4.04. The molecule has 0 saturated carbocycles. The Kier molecular flexibility index (Phi) is 5.51. The number of rotatable bonds is 7. The van der Waals surface area contributed by atoms with Crippen molar-refractivity contribution in [3.05, 3.63) is 23.8 Å². The molecule has 1 aromatic carbocycles. The molecule has 0 aromatic heterocycles. The van der Waals surface area contributed by atoms with Crippen molar-refractivity contribution in [1.29, 1.82) is 0 Å². The van der Waals surface area contributed by atoms with E-state index < -0.39 is 6.67 Å². The lowest BCUT2D eigenvalue weighted by Crippen LogP contribution is -2.39. The summed E-state index contributed by atoms with van der Waals surface area (Å²) in [6.07, 6.45) is 4.05. The molecule has 2 fully saturated rings. The highest BCUT2D eigenvalue weighted by Gasteiger charge is 2.17. The highest BCUT2D eigenvalue weighted by molar-refractivity contribution is 5.40. The first-order valence-electron chi connectivity index (χ1n) is 8.17. The minimum atomic E-state index is -0.564. The van der Waals surface area contributed by atoms with Crippen LogP contribution < -0.4 is 9.47 Å². The van der Waals surface area contributed by atoms with Gasteiger partial charge in [-0.25, -0.2) is 4.39 Å². The molecule has 0 bridgehead atoms. The van der Waals surface area contributed by atoms with Crippen molar-refractivity contribution in [2.45, 2.75) is 38.6 Å². The van der Waals surface area contributed by atoms with E-state index in [4.69, 9.17) is 14.2 Å². The SMILES string of the molecule is FCc1cc(OCCN2CCC2)ccc1OC1CCCCO1. The van der Waals surface area contributed by atoms with Gasteiger partial charge in [0, 0.05) is 18.5 Å². The number of hydrogen-bond acceptors (Lipinski definition) is 4. The predicted octanol–water partition coefficient (Wildman–Crippen LogP) is 3.15. The number of likely N-dealkylation sites (tertiary alicyclic amines) is 1. The van der Waals surface area contributed by atoms with E-state index in [0.717, 1.165) is 38.9 Å². The van der Waals surface area contributed by atoms with Gasteiger partial charge in [0.2, 0.25) is 0 Å². The second kappa shape index (κ2) is 7.79. The Balaban J connectivity index is 1.54. The molecule has 1 unspecified atom stereocenters. The van der Waals surface area contributed by atoms with Gasteiger partial charge in [0.15, 0.2) is 6.29 Å². The highest BCUT2D eigenvalue weighted by atomic mass is 19.1. The van der Waals surface area contributed by atoms with Gasteiger partial charge in [0.1, 0.15) is 24.8 Å². The van der Waals surface area contributed by atoms with Crippen LogP contribution in [-0.4, -0.2) is 44.0 Å². The average molecular weight is 309 g/mol. The van der Waals surface area contributed by atoms with Crippen LogP contribution in [0.3, 0.4) is 0 Å². The van der Waals surface area contributed by atoms with E-state index in [1.54, 1.807) is 12.1 Å². The van der Waals surface area contributed by atoms with E-state index >= 15 is 0 Å². The fraction of sp³-hybridized carbons (Fsp3) is 0.647. The molecule has 3 rings (SSSR count). The third-order valence-electron chi connectivity index (χ3n) is 4.20. The van der Waals surface area contributed by atoms with Crippen molar-refractivity contribution in [1.82, 2.24) is 4.90 Å². The molecular formula is C17H24FNO3. The van der Waals surface area contributed by atoms with Crippen LogP contribution in [0.1, 0.15) is 31.2 Å². The number of benzene rings is 1. The van der Waals surface area contributed by atoms with Gasteiger partial charge in [0.05, 0.1) is 6.61 Å². The lowest BCUT2D eigenvalue weighted by atomic mass is 10.2. The molecule has 0 spiro atoms. The van der Waals surface area contributed by atoms with Gasteiger partial charge < -0.3 is 14.2 Å². The Morgan fingerprint density at radius 3 is 2.82 bits per heavy atom. The van der Waals surface area contributed by atoms with Gasteiger partial charge in [-0.05, 0) is 50.6 Å². The van der Waals surface area contributed by atoms with Gasteiger partial charge in [-0.1, -0.05) is 0 Å². The maximum absolute atomic E-state index is 13.2. The summed E-state index contributed by atoms with van der Waals surface area (Å²) >= 11 is 0. The maximum Gasteiger partial charge on any atom is 0.199 e. The summed E-state index contributed by atoms with van der Waals surface area (Å²) in [7, 11) is 0. The molecule has 2 saturated heterocycles. The van der Waals surface area contributed by atoms with Crippen molar-refractivity contribution in [3.8, 4) is 11.5 Å². The molecule has 0 amide bonds. The minimum Gasteiger partial charge on any atom is -0.492 e. The molecule has 0 N–H and O–H groups in total. The number of hydrogen-bond donors (Lipinski definition) is 0. The van der Waals surface area contributed by atoms with Crippen LogP contribution in [0, 0.1) is 0 Å². The van der Waals surface area contributed by atoms with Crippen LogP contribution >= 0.6 is 0 Å². The Bertz CT molecular complexity index is 473. The molecule has 22 heavy (non-hydrogen) atoms. The second-order valence-corrected chi connectivity index (χ2v) is 5.86. The van der Waals surface area contributed by atoms with Crippen LogP contribution in [0.4, 0.5) is 4.39 Å². The number of halogens is 1. The summed E-state index contributed by atoms with van der Waals surface area (Å²) in [6, 6.07) is 5.35. The average Bonchev–Trinajstić information content (AvgIpc) is 2.52. The Morgan fingerprint density at radius 2 is 2.14 bits per heavy atom. The van der Waals surface area contributed by atoms with E-state index in [0.29, 0.717) is 30.3 Å². The molecular weight excluding hydrogens is 285 g/mol. The molecule has 5 heteroatoms. The highest BCUT2D eigenvalue weighted by Crippen LogP contribution is 2.28. The molecule has 2 heterocycles. The van der Waals surface area contributed by atoms with Crippen molar-refractivity contribution in [3.63, 3.8) is 0 Å². The molecule has 0 radical (unpaired) electrons. The Hall–Kier alpha value is -1.33. The van der Waals surface area contributed by atoms with Crippen LogP contribution in [0.2, 0.25) is 0 Å². The van der Waals surface area contributed by atoms with E-state index in [1.807, 2.05) is 6.07 Å². The largest absolute Gasteiger partial charge is 0.492 e. The lowest BCUT2D eigenvalue weighted by Gasteiger charge is -2.30. The predicted molar refractivity (Wildman–Crippen MR) is 82.0 cm³/mol. The van der Waals surface area contributed by atoms with E-state index in [-0.39, 0.29) is 6.29 Å². The lowest BCUT2D eigenvalue weighted by molar-refractivity contribution is -0.106. The maximum atomic E-state index is 13.2. The van der Waals surface area contributed by atoms with Gasteiger partial charge in [0.25, 0.3) is 0 Å². The van der Waals surface area contributed by atoms with Crippen molar-refractivity contribution >= 4 is 0 Å². The summed E-state index contributed by atoms with van der Waals surface area (Å²) in [5.74, 6) is 1.26. The van der Waals surface area contributed by atoms with Gasteiger partial charge in [-0.2, -0.15) is 0 Å². The normalized spacial score (nSPS) is 22.1. The van der Waals surface area contributed by atoms with Crippen molar-refractivity contribution in [2.75, 3.05) is 32.8 Å². The first-order chi connectivity index (χ1) is 10.8. The van der Waals surface area contributed by atoms with Crippen LogP contribution in [0.15, 0.2) is 18.2 Å². The second-order valence-electron chi connectivity index (χ2n) is 5.86. The van der Waals surface area contributed by atoms with Crippen molar-refractivity contribution < 1.29 is 18.6 Å². The molecule has 1 atom stereocenters. The van der Waals surface area contributed by atoms with Gasteiger partial charge >= 0.3 is 0 Å². The first-order valence-corrected chi connectivity index (χ1v) is 8.17. The molecule has 2 aliphatic rings.